The fourth-order valence-electron chi connectivity index (χ4n) is 2.56. The zero-order valence-corrected chi connectivity index (χ0v) is 16.3. The molecule has 2 amide bonds. The number of carbonyl (C=O) groups is 2. The summed E-state index contributed by atoms with van der Waals surface area (Å²) in [6.07, 6.45) is 1.58. The molecule has 0 spiro atoms. The van der Waals surface area contributed by atoms with E-state index in [4.69, 9.17) is 9.47 Å². The lowest BCUT2D eigenvalue weighted by molar-refractivity contribution is -0.121. The Labute approximate surface area is 157 Å². The summed E-state index contributed by atoms with van der Waals surface area (Å²) in [6.45, 7) is 4.03. The van der Waals surface area contributed by atoms with Crippen molar-refractivity contribution in [3.05, 3.63) is 45.1 Å². The van der Waals surface area contributed by atoms with Crippen molar-refractivity contribution in [3.8, 4) is 11.5 Å². The fourth-order valence-corrected chi connectivity index (χ4v) is 3.57. The summed E-state index contributed by atoms with van der Waals surface area (Å²) in [7, 11) is 3.17. The molecule has 1 aromatic carbocycles. The van der Waals surface area contributed by atoms with Crippen LogP contribution in [0.3, 0.4) is 0 Å². The van der Waals surface area contributed by atoms with Gasteiger partial charge in [0.2, 0.25) is 5.91 Å². The van der Waals surface area contributed by atoms with Crippen LogP contribution in [0.15, 0.2) is 24.3 Å². The Balaban J connectivity index is 1.88. The van der Waals surface area contributed by atoms with E-state index in [0.717, 1.165) is 17.5 Å². The van der Waals surface area contributed by atoms with Crippen molar-refractivity contribution >= 4 is 23.2 Å². The molecule has 0 aliphatic rings. The van der Waals surface area contributed by atoms with Crippen LogP contribution in [-0.2, 0) is 17.6 Å². The lowest BCUT2D eigenvalue weighted by Gasteiger charge is -2.11. The first-order valence-electron chi connectivity index (χ1n) is 8.37. The van der Waals surface area contributed by atoms with Gasteiger partial charge in [0.05, 0.1) is 19.1 Å². The van der Waals surface area contributed by atoms with Gasteiger partial charge in [-0.05, 0) is 55.2 Å². The third-order valence-corrected chi connectivity index (χ3v) is 5.37. The smallest absolute Gasteiger partial charge is 0.279 e. The Bertz CT molecular complexity index is 786. The lowest BCUT2D eigenvalue weighted by Crippen LogP contribution is -2.41. The van der Waals surface area contributed by atoms with E-state index in [1.54, 1.807) is 26.4 Å². The van der Waals surface area contributed by atoms with Crippen LogP contribution >= 0.6 is 11.3 Å². The number of hydrogen-bond acceptors (Lipinski definition) is 5. The second-order valence-electron chi connectivity index (χ2n) is 5.75. The predicted molar refractivity (Wildman–Crippen MR) is 102 cm³/mol. The highest BCUT2D eigenvalue weighted by molar-refractivity contribution is 7.14. The predicted octanol–water partition coefficient (Wildman–Crippen LogP) is 3.03. The Morgan fingerprint density at radius 2 is 1.88 bits per heavy atom. The zero-order valence-electron chi connectivity index (χ0n) is 15.5. The minimum absolute atomic E-state index is 0.216. The molecule has 1 aromatic heterocycles. The number of aryl methyl sites for hydroxylation is 3. The molecule has 1 heterocycles. The molecule has 140 valence electrons. The maximum Gasteiger partial charge on any atom is 0.279 e. The topological polar surface area (TPSA) is 76.7 Å². The summed E-state index contributed by atoms with van der Waals surface area (Å²) in [4.78, 5) is 25.9. The molecular formula is C19H24N2O4S. The van der Waals surface area contributed by atoms with E-state index in [-0.39, 0.29) is 18.2 Å². The third-order valence-electron chi connectivity index (χ3n) is 3.99. The molecule has 2 rings (SSSR count). The van der Waals surface area contributed by atoms with Gasteiger partial charge in [-0.3, -0.25) is 20.4 Å². The van der Waals surface area contributed by atoms with Gasteiger partial charge in [-0.25, -0.2) is 0 Å². The maximum atomic E-state index is 12.1. The van der Waals surface area contributed by atoms with Crippen molar-refractivity contribution < 1.29 is 19.1 Å². The number of methoxy groups -OCH3 is 2. The monoisotopic (exact) mass is 376 g/mol. The first-order chi connectivity index (χ1) is 12.5. The number of carbonyl (C=O) groups excluding carboxylic acids is 2. The van der Waals surface area contributed by atoms with Crippen LogP contribution in [-0.4, -0.2) is 26.0 Å². The number of benzene rings is 1. The fraction of sp³-hybridized carbons (Fsp3) is 0.368. The number of ether oxygens (including phenoxy) is 2. The molecule has 0 saturated heterocycles. The van der Waals surface area contributed by atoms with Crippen LogP contribution < -0.4 is 20.3 Å². The van der Waals surface area contributed by atoms with Gasteiger partial charge >= 0.3 is 0 Å². The molecule has 6 nitrogen and oxygen atoms in total. The van der Waals surface area contributed by atoms with Crippen LogP contribution in [0.4, 0.5) is 0 Å². The summed E-state index contributed by atoms with van der Waals surface area (Å²) in [6, 6.07) is 7.28. The number of amides is 2. The average molecular weight is 376 g/mol. The van der Waals surface area contributed by atoms with Crippen LogP contribution in [0.25, 0.3) is 0 Å². The second kappa shape index (κ2) is 9.24. The normalized spacial score (nSPS) is 10.3. The van der Waals surface area contributed by atoms with Gasteiger partial charge in [0.1, 0.15) is 11.5 Å². The first kappa shape index (κ1) is 19.8. The standard InChI is InChI=1S/C19H24N2O4S/c1-5-16-12(2)10-17(26-16)19(23)21-20-18(22)9-6-13-11-14(24-3)7-8-15(13)25-4/h7-8,10-11H,5-6,9H2,1-4H3,(H,20,22)(H,21,23). The van der Waals surface area contributed by atoms with Crippen molar-refractivity contribution in [2.24, 2.45) is 0 Å². The highest BCUT2D eigenvalue weighted by atomic mass is 32.1. The number of hydrazine groups is 1. The molecule has 2 N–H and O–H groups in total. The summed E-state index contributed by atoms with van der Waals surface area (Å²) in [5, 5.41) is 0. The van der Waals surface area contributed by atoms with E-state index in [1.807, 2.05) is 19.1 Å². The van der Waals surface area contributed by atoms with Gasteiger partial charge in [0.25, 0.3) is 5.91 Å². The summed E-state index contributed by atoms with van der Waals surface area (Å²) < 4.78 is 10.5. The van der Waals surface area contributed by atoms with Gasteiger partial charge in [0, 0.05) is 11.3 Å². The SMILES string of the molecule is CCc1sc(C(=O)NNC(=O)CCc2cc(OC)ccc2OC)cc1C. The van der Waals surface area contributed by atoms with Gasteiger partial charge in [-0.1, -0.05) is 6.92 Å². The summed E-state index contributed by atoms with van der Waals surface area (Å²) in [5.74, 6) is 0.829. The number of rotatable bonds is 7. The van der Waals surface area contributed by atoms with Crippen LogP contribution in [0.5, 0.6) is 11.5 Å². The lowest BCUT2D eigenvalue weighted by atomic mass is 10.1. The van der Waals surface area contributed by atoms with Crippen LogP contribution in [0.1, 0.15) is 39.0 Å². The number of nitrogens with one attached hydrogen (secondary N) is 2. The van der Waals surface area contributed by atoms with Gasteiger partial charge in [-0.15, -0.1) is 11.3 Å². The Hall–Kier alpha value is -2.54. The molecule has 0 saturated carbocycles. The molecule has 0 bridgehead atoms. The number of hydrogen-bond donors (Lipinski definition) is 2. The van der Waals surface area contributed by atoms with Gasteiger partial charge in [-0.2, -0.15) is 0 Å². The van der Waals surface area contributed by atoms with E-state index in [9.17, 15) is 9.59 Å². The van der Waals surface area contributed by atoms with Crippen molar-refractivity contribution in [1.29, 1.82) is 0 Å². The van der Waals surface area contributed by atoms with E-state index in [0.29, 0.717) is 22.8 Å². The molecule has 7 heteroatoms. The van der Waals surface area contributed by atoms with Crippen LogP contribution in [0, 0.1) is 6.92 Å². The summed E-state index contributed by atoms with van der Waals surface area (Å²) in [5.41, 5.74) is 6.89. The molecule has 0 aliphatic carbocycles. The summed E-state index contributed by atoms with van der Waals surface area (Å²) >= 11 is 1.44. The Kier molecular flexibility index (Phi) is 7.03. The second-order valence-corrected chi connectivity index (χ2v) is 6.89. The average Bonchev–Trinajstić information content (AvgIpc) is 3.04. The molecule has 0 unspecified atom stereocenters. The minimum Gasteiger partial charge on any atom is -0.497 e. The van der Waals surface area contributed by atoms with E-state index in [2.05, 4.69) is 17.8 Å². The van der Waals surface area contributed by atoms with Gasteiger partial charge < -0.3 is 9.47 Å². The molecule has 0 fully saturated rings. The molecule has 0 radical (unpaired) electrons. The zero-order chi connectivity index (χ0) is 19.1. The quantitative estimate of drug-likeness (QED) is 0.728. The van der Waals surface area contributed by atoms with Crippen molar-refractivity contribution in [1.82, 2.24) is 10.9 Å². The highest BCUT2D eigenvalue weighted by Crippen LogP contribution is 2.25. The third kappa shape index (κ3) is 4.98. The molecule has 0 atom stereocenters. The first-order valence-corrected chi connectivity index (χ1v) is 9.19. The number of thiophene rings is 1. The largest absolute Gasteiger partial charge is 0.497 e. The van der Waals surface area contributed by atoms with E-state index >= 15 is 0 Å². The van der Waals surface area contributed by atoms with Crippen molar-refractivity contribution in [3.63, 3.8) is 0 Å². The van der Waals surface area contributed by atoms with E-state index < -0.39 is 0 Å². The molecular weight excluding hydrogens is 352 g/mol. The van der Waals surface area contributed by atoms with E-state index in [1.165, 1.54) is 16.2 Å². The van der Waals surface area contributed by atoms with Crippen molar-refractivity contribution in [2.45, 2.75) is 33.1 Å². The Morgan fingerprint density at radius 1 is 1.12 bits per heavy atom. The van der Waals surface area contributed by atoms with Gasteiger partial charge in [0.15, 0.2) is 0 Å². The highest BCUT2D eigenvalue weighted by Gasteiger charge is 2.13. The molecule has 0 aliphatic heterocycles. The van der Waals surface area contributed by atoms with Crippen LogP contribution in [0.2, 0.25) is 0 Å². The van der Waals surface area contributed by atoms with Crippen molar-refractivity contribution in [2.75, 3.05) is 14.2 Å². The molecule has 26 heavy (non-hydrogen) atoms. The maximum absolute atomic E-state index is 12.1. The Morgan fingerprint density at radius 3 is 2.50 bits per heavy atom. The minimum atomic E-state index is -0.301. The molecule has 2 aromatic rings.